The molecular formula is C26H30N4O. The van der Waals surface area contributed by atoms with Crippen molar-refractivity contribution in [2.75, 3.05) is 19.6 Å². The Bertz CT molecular complexity index is 1040. The Morgan fingerprint density at radius 2 is 1.94 bits per heavy atom. The van der Waals surface area contributed by atoms with Crippen LogP contribution in [0.15, 0.2) is 54.7 Å². The first-order chi connectivity index (χ1) is 15.3. The molecule has 31 heavy (non-hydrogen) atoms. The van der Waals surface area contributed by atoms with Crippen LogP contribution in [0.5, 0.6) is 0 Å². The zero-order valence-electron chi connectivity index (χ0n) is 17.9. The summed E-state index contributed by atoms with van der Waals surface area (Å²) in [5, 5.41) is 1.00. The van der Waals surface area contributed by atoms with Crippen LogP contribution < -0.4 is 0 Å². The van der Waals surface area contributed by atoms with Crippen molar-refractivity contribution in [2.24, 2.45) is 11.8 Å². The minimum atomic E-state index is 0.135. The molecule has 3 aliphatic rings. The van der Waals surface area contributed by atoms with Gasteiger partial charge in [-0.05, 0) is 67.8 Å². The Hall–Kier alpha value is -2.66. The largest absolute Gasteiger partial charge is 0.337 e. The lowest BCUT2D eigenvalue weighted by atomic mass is 9.71. The second kappa shape index (κ2) is 7.79. The van der Waals surface area contributed by atoms with Crippen molar-refractivity contribution < 1.29 is 4.79 Å². The SMILES string of the molecule is O=C(c1cc2cccnc2[nH]1)N1C[C@H]2C[C@@H](C1)[C@H](Cc1ccccc1)N1CCCC[C@@H]21. The molecule has 6 rings (SSSR count). The molecule has 2 aromatic heterocycles. The highest BCUT2D eigenvalue weighted by molar-refractivity contribution is 5.97. The second-order valence-electron chi connectivity index (χ2n) is 9.65. The Balaban J connectivity index is 1.28. The summed E-state index contributed by atoms with van der Waals surface area (Å²) in [5.74, 6) is 1.27. The van der Waals surface area contributed by atoms with Crippen LogP contribution in [0.4, 0.5) is 0 Å². The van der Waals surface area contributed by atoms with Crippen LogP contribution in [0, 0.1) is 11.8 Å². The third-order valence-electron chi connectivity index (χ3n) is 7.82. The molecule has 1 amide bonds. The lowest BCUT2D eigenvalue weighted by Crippen LogP contribution is -2.64. The van der Waals surface area contributed by atoms with Gasteiger partial charge in [0.2, 0.25) is 0 Å². The van der Waals surface area contributed by atoms with Gasteiger partial charge in [-0.15, -0.1) is 0 Å². The molecule has 4 atom stereocenters. The molecule has 5 heterocycles. The number of likely N-dealkylation sites (tertiary alicyclic amines) is 1. The van der Waals surface area contributed by atoms with Crippen LogP contribution in [-0.2, 0) is 6.42 Å². The van der Waals surface area contributed by atoms with Crippen LogP contribution >= 0.6 is 0 Å². The Kier molecular flexibility index (Phi) is 4.79. The van der Waals surface area contributed by atoms with Gasteiger partial charge in [-0.3, -0.25) is 9.69 Å². The number of fused-ring (bicyclic) bond motifs is 5. The van der Waals surface area contributed by atoms with Crippen molar-refractivity contribution in [3.8, 4) is 0 Å². The third-order valence-corrected chi connectivity index (χ3v) is 7.82. The van der Waals surface area contributed by atoms with E-state index in [1.807, 2.05) is 18.2 Å². The molecule has 0 aliphatic carbocycles. The molecule has 0 radical (unpaired) electrons. The minimum Gasteiger partial charge on any atom is -0.337 e. The van der Waals surface area contributed by atoms with Crippen molar-refractivity contribution in [3.05, 3.63) is 66.0 Å². The normalized spacial score (nSPS) is 28.5. The fourth-order valence-corrected chi connectivity index (χ4v) is 6.45. The van der Waals surface area contributed by atoms with Gasteiger partial charge < -0.3 is 9.88 Å². The maximum atomic E-state index is 13.5. The number of aromatic amines is 1. The molecule has 0 unspecified atom stereocenters. The highest BCUT2D eigenvalue weighted by Crippen LogP contribution is 2.42. The quantitative estimate of drug-likeness (QED) is 0.701. The van der Waals surface area contributed by atoms with Gasteiger partial charge in [-0.1, -0.05) is 36.8 Å². The monoisotopic (exact) mass is 414 g/mol. The number of carbonyl (C=O) groups is 1. The van der Waals surface area contributed by atoms with E-state index in [4.69, 9.17) is 0 Å². The average Bonchev–Trinajstić information content (AvgIpc) is 3.26. The first kappa shape index (κ1) is 19.1. The van der Waals surface area contributed by atoms with Gasteiger partial charge in [-0.2, -0.15) is 0 Å². The average molecular weight is 415 g/mol. The van der Waals surface area contributed by atoms with Crippen molar-refractivity contribution in [2.45, 2.75) is 44.2 Å². The highest BCUT2D eigenvalue weighted by atomic mass is 16.2. The minimum absolute atomic E-state index is 0.135. The molecule has 3 fully saturated rings. The van der Waals surface area contributed by atoms with Crippen LogP contribution in [0.2, 0.25) is 0 Å². The Morgan fingerprint density at radius 1 is 1.06 bits per heavy atom. The first-order valence-corrected chi connectivity index (χ1v) is 11.8. The van der Waals surface area contributed by atoms with Crippen molar-refractivity contribution >= 4 is 16.9 Å². The zero-order chi connectivity index (χ0) is 20.8. The number of nitrogens with one attached hydrogen (secondary N) is 1. The van der Waals surface area contributed by atoms with Crippen LogP contribution in [-0.4, -0.2) is 57.4 Å². The van der Waals surface area contributed by atoms with E-state index in [2.05, 4.69) is 50.1 Å². The molecule has 3 saturated heterocycles. The van der Waals surface area contributed by atoms with E-state index in [1.54, 1.807) is 6.20 Å². The number of nitrogens with zero attached hydrogens (tertiary/aromatic N) is 3. The summed E-state index contributed by atoms with van der Waals surface area (Å²) in [6.07, 6.45) is 8.03. The molecule has 1 aromatic carbocycles. The molecule has 0 spiro atoms. The Morgan fingerprint density at radius 3 is 2.81 bits per heavy atom. The lowest BCUT2D eigenvalue weighted by molar-refractivity contribution is -0.0643. The second-order valence-corrected chi connectivity index (χ2v) is 9.65. The topological polar surface area (TPSA) is 52.2 Å². The molecule has 1 N–H and O–H groups in total. The Labute approximate surface area is 183 Å². The number of amides is 1. The van der Waals surface area contributed by atoms with E-state index in [9.17, 15) is 4.79 Å². The van der Waals surface area contributed by atoms with Crippen molar-refractivity contribution in [1.82, 2.24) is 19.8 Å². The van der Waals surface area contributed by atoms with Gasteiger partial charge in [0, 0.05) is 36.8 Å². The number of H-pyrrole nitrogens is 1. The van der Waals surface area contributed by atoms with E-state index in [0.717, 1.165) is 30.5 Å². The van der Waals surface area contributed by atoms with Gasteiger partial charge in [0.1, 0.15) is 11.3 Å². The maximum Gasteiger partial charge on any atom is 0.270 e. The van der Waals surface area contributed by atoms with E-state index in [0.29, 0.717) is 29.6 Å². The molecule has 160 valence electrons. The predicted molar refractivity (Wildman–Crippen MR) is 122 cm³/mol. The maximum absolute atomic E-state index is 13.5. The molecular weight excluding hydrogens is 384 g/mol. The van der Waals surface area contributed by atoms with Gasteiger partial charge in [-0.25, -0.2) is 4.98 Å². The number of piperidine rings is 3. The van der Waals surface area contributed by atoms with E-state index in [1.165, 1.54) is 37.8 Å². The number of carbonyl (C=O) groups excluding carboxylic acids is 1. The molecule has 3 aliphatic heterocycles. The number of aromatic nitrogens is 2. The van der Waals surface area contributed by atoms with Crippen molar-refractivity contribution in [3.63, 3.8) is 0 Å². The van der Waals surface area contributed by atoms with Crippen LogP contribution in [0.25, 0.3) is 11.0 Å². The fourth-order valence-electron chi connectivity index (χ4n) is 6.45. The highest BCUT2D eigenvalue weighted by Gasteiger charge is 2.47. The number of hydrogen-bond donors (Lipinski definition) is 1. The molecule has 3 aromatic rings. The summed E-state index contributed by atoms with van der Waals surface area (Å²) in [6, 6.07) is 18.0. The smallest absolute Gasteiger partial charge is 0.270 e. The predicted octanol–water partition coefficient (Wildman–Crippen LogP) is 4.12. The van der Waals surface area contributed by atoms with Crippen molar-refractivity contribution in [1.29, 1.82) is 0 Å². The number of benzene rings is 1. The summed E-state index contributed by atoms with van der Waals surface area (Å²) in [5.41, 5.74) is 2.89. The van der Waals surface area contributed by atoms with Gasteiger partial charge >= 0.3 is 0 Å². The summed E-state index contributed by atoms with van der Waals surface area (Å²) >= 11 is 0. The van der Waals surface area contributed by atoms with E-state index >= 15 is 0 Å². The summed E-state index contributed by atoms with van der Waals surface area (Å²) in [7, 11) is 0. The van der Waals surface area contributed by atoms with Crippen LogP contribution in [0.1, 0.15) is 41.7 Å². The van der Waals surface area contributed by atoms with E-state index < -0.39 is 0 Å². The number of hydrogen-bond acceptors (Lipinski definition) is 3. The lowest BCUT2D eigenvalue weighted by Gasteiger charge is -2.57. The number of rotatable bonds is 3. The van der Waals surface area contributed by atoms with Crippen LogP contribution in [0.3, 0.4) is 0 Å². The van der Waals surface area contributed by atoms with E-state index in [-0.39, 0.29) is 5.91 Å². The standard InChI is InChI=1S/C26H30N4O/c31-26(22-15-19-9-6-11-27-25(19)28-22)29-16-20-14-21(17-29)24(13-18-7-2-1-3-8-18)30-12-5-4-10-23(20)30/h1-3,6-9,11,15,20-21,23-24H,4-5,10,12-14,16-17H2,(H,27,28)/t20-,21+,23+,24+/m1/s1. The molecule has 2 bridgehead atoms. The molecule has 0 saturated carbocycles. The molecule has 5 nitrogen and oxygen atoms in total. The molecule has 5 heteroatoms. The fraction of sp³-hybridized carbons (Fsp3) is 0.462. The summed E-state index contributed by atoms with van der Waals surface area (Å²) in [4.78, 5) is 26.1. The summed E-state index contributed by atoms with van der Waals surface area (Å²) in [6.45, 7) is 2.97. The summed E-state index contributed by atoms with van der Waals surface area (Å²) < 4.78 is 0. The first-order valence-electron chi connectivity index (χ1n) is 11.8. The van der Waals surface area contributed by atoms with Gasteiger partial charge in [0.25, 0.3) is 5.91 Å². The number of pyridine rings is 1. The van der Waals surface area contributed by atoms with Gasteiger partial charge in [0.15, 0.2) is 0 Å². The third kappa shape index (κ3) is 3.45. The zero-order valence-corrected chi connectivity index (χ0v) is 17.9. The van der Waals surface area contributed by atoms with Gasteiger partial charge in [0.05, 0.1) is 0 Å².